The van der Waals surface area contributed by atoms with Crippen molar-refractivity contribution in [2.45, 2.75) is 13.8 Å². The monoisotopic (exact) mass is 326 g/mol. The number of methoxy groups -OCH3 is 2. The van der Waals surface area contributed by atoms with Gasteiger partial charge in [0.25, 0.3) is 0 Å². The van der Waals surface area contributed by atoms with E-state index in [0.29, 0.717) is 17.1 Å². The van der Waals surface area contributed by atoms with Gasteiger partial charge >= 0.3 is 0 Å². The van der Waals surface area contributed by atoms with Crippen molar-refractivity contribution < 1.29 is 14.3 Å². The van der Waals surface area contributed by atoms with E-state index >= 15 is 0 Å². The van der Waals surface area contributed by atoms with Gasteiger partial charge in [0.1, 0.15) is 0 Å². The molecule has 0 saturated carbocycles. The number of amides is 1. The van der Waals surface area contributed by atoms with Gasteiger partial charge in [-0.1, -0.05) is 6.07 Å². The number of benzene rings is 1. The highest BCUT2D eigenvalue weighted by Gasteiger charge is 2.13. The minimum Gasteiger partial charge on any atom is -0.493 e. The molecule has 124 valence electrons. The fraction of sp³-hybridized carbons (Fsp3) is 0.235. The van der Waals surface area contributed by atoms with Gasteiger partial charge in [0.15, 0.2) is 17.1 Å². The van der Waals surface area contributed by atoms with E-state index in [9.17, 15) is 4.79 Å². The van der Waals surface area contributed by atoms with E-state index in [0.717, 1.165) is 16.8 Å². The van der Waals surface area contributed by atoms with Crippen molar-refractivity contribution >= 4 is 17.5 Å². The van der Waals surface area contributed by atoms with Gasteiger partial charge < -0.3 is 9.47 Å². The van der Waals surface area contributed by atoms with Crippen molar-refractivity contribution in [2.24, 2.45) is 0 Å². The van der Waals surface area contributed by atoms with Gasteiger partial charge in [0.2, 0.25) is 11.9 Å². The highest BCUT2D eigenvalue weighted by molar-refractivity contribution is 5.87. The van der Waals surface area contributed by atoms with Crippen molar-refractivity contribution in [1.82, 2.24) is 14.6 Å². The van der Waals surface area contributed by atoms with Gasteiger partial charge in [-0.05, 0) is 36.8 Å². The molecule has 2 aromatic heterocycles. The number of fused-ring (bicyclic) bond motifs is 1. The molecule has 7 nitrogen and oxygen atoms in total. The Labute approximate surface area is 139 Å². The van der Waals surface area contributed by atoms with Gasteiger partial charge in [-0.25, -0.2) is 4.52 Å². The van der Waals surface area contributed by atoms with Crippen LogP contribution in [0.2, 0.25) is 0 Å². The Kier molecular flexibility index (Phi) is 4.07. The summed E-state index contributed by atoms with van der Waals surface area (Å²) in [5.74, 6) is 1.42. The molecule has 0 radical (unpaired) electrons. The van der Waals surface area contributed by atoms with Gasteiger partial charge in [0.05, 0.1) is 14.2 Å². The average Bonchev–Trinajstić information content (AvgIpc) is 2.97. The van der Waals surface area contributed by atoms with Crippen molar-refractivity contribution in [2.75, 3.05) is 19.5 Å². The third kappa shape index (κ3) is 2.76. The number of anilines is 1. The minimum atomic E-state index is -0.205. The molecule has 0 aliphatic rings. The van der Waals surface area contributed by atoms with Crippen LogP contribution in [0, 0.1) is 6.92 Å². The summed E-state index contributed by atoms with van der Waals surface area (Å²) in [7, 11) is 3.21. The Balaban J connectivity index is 2.10. The first-order chi connectivity index (χ1) is 11.5. The summed E-state index contributed by atoms with van der Waals surface area (Å²) in [4.78, 5) is 15.5. The average molecular weight is 326 g/mol. The van der Waals surface area contributed by atoms with Crippen molar-refractivity contribution in [3.8, 4) is 22.6 Å². The highest BCUT2D eigenvalue weighted by Crippen LogP contribution is 2.33. The molecule has 0 unspecified atom stereocenters. The SMILES string of the molecule is COc1ccc(-c2ccc3nc(NC(C)=O)nn3c2C)cc1OC. The standard InChI is InChI=1S/C17H18N4O3/c1-10-13(12-5-7-14(23-3)15(9-12)24-4)6-8-16-19-17(18-11(2)22)20-21(10)16/h5-9H,1-4H3,(H,18,20,22). The molecule has 0 spiro atoms. The van der Waals surface area contributed by atoms with Crippen LogP contribution in [0.15, 0.2) is 30.3 Å². The number of hydrogen-bond donors (Lipinski definition) is 1. The number of carbonyl (C=O) groups excluding carboxylic acids is 1. The maximum Gasteiger partial charge on any atom is 0.249 e. The summed E-state index contributed by atoms with van der Waals surface area (Å²) in [5.41, 5.74) is 3.54. The number of nitrogens with one attached hydrogen (secondary N) is 1. The number of hydrogen-bond acceptors (Lipinski definition) is 5. The lowest BCUT2D eigenvalue weighted by molar-refractivity contribution is -0.114. The summed E-state index contributed by atoms with van der Waals surface area (Å²) in [6.45, 7) is 3.37. The van der Waals surface area contributed by atoms with Gasteiger partial charge in [-0.2, -0.15) is 4.98 Å². The third-order valence-electron chi connectivity index (χ3n) is 3.72. The van der Waals surface area contributed by atoms with Crippen LogP contribution in [0.3, 0.4) is 0 Å². The third-order valence-corrected chi connectivity index (χ3v) is 3.72. The molecule has 0 aliphatic heterocycles. The van der Waals surface area contributed by atoms with E-state index < -0.39 is 0 Å². The van der Waals surface area contributed by atoms with E-state index in [1.54, 1.807) is 18.7 Å². The van der Waals surface area contributed by atoms with Gasteiger partial charge in [-0.15, -0.1) is 5.10 Å². The molecule has 3 aromatic rings. The van der Waals surface area contributed by atoms with E-state index in [4.69, 9.17) is 9.47 Å². The Hall–Kier alpha value is -3.09. The quantitative estimate of drug-likeness (QED) is 0.797. The van der Waals surface area contributed by atoms with Crippen molar-refractivity contribution in [1.29, 1.82) is 0 Å². The molecule has 3 rings (SSSR count). The van der Waals surface area contributed by atoms with Gasteiger partial charge in [-0.3, -0.25) is 10.1 Å². The molecule has 0 saturated heterocycles. The second-order valence-electron chi connectivity index (χ2n) is 5.29. The van der Waals surface area contributed by atoms with Crippen LogP contribution in [-0.4, -0.2) is 34.7 Å². The zero-order chi connectivity index (χ0) is 17.3. The lowest BCUT2D eigenvalue weighted by Crippen LogP contribution is -2.07. The van der Waals surface area contributed by atoms with Crippen LogP contribution >= 0.6 is 0 Å². The summed E-state index contributed by atoms with van der Waals surface area (Å²) in [6, 6.07) is 9.57. The number of pyridine rings is 1. The highest BCUT2D eigenvalue weighted by atomic mass is 16.5. The number of aromatic nitrogens is 3. The maximum atomic E-state index is 11.2. The number of nitrogens with zero attached hydrogens (tertiary/aromatic N) is 3. The Bertz CT molecular complexity index is 918. The molecule has 0 aliphatic carbocycles. The first kappa shape index (κ1) is 15.8. The van der Waals surface area contributed by atoms with Crippen molar-refractivity contribution in [3.05, 3.63) is 36.0 Å². The van der Waals surface area contributed by atoms with Crippen LogP contribution in [0.25, 0.3) is 16.8 Å². The van der Waals surface area contributed by atoms with E-state index in [1.165, 1.54) is 6.92 Å². The number of ether oxygens (including phenoxy) is 2. The predicted octanol–water partition coefficient (Wildman–Crippen LogP) is 2.68. The molecule has 0 atom stereocenters. The zero-order valence-corrected chi connectivity index (χ0v) is 14.0. The number of aryl methyl sites for hydroxylation is 1. The molecule has 0 fully saturated rings. The second kappa shape index (κ2) is 6.19. The lowest BCUT2D eigenvalue weighted by Gasteiger charge is -2.11. The Morgan fingerprint density at radius 2 is 1.88 bits per heavy atom. The van der Waals surface area contributed by atoms with Crippen LogP contribution in [-0.2, 0) is 4.79 Å². The molecule has 7 heteroatoms. The summed E-state index contributed by atoms with van der Waals surface area (Å²) >= 11 is 0. The molecular formula is C17H18N4O3. The number of rotatable bonds is 4. The van der Waals surface area contributed by atoms with E-state index in [1.807, 2.05) is 37.3 Å². The smallest absolute Gasteiger partial charge is 0.249 e. The lowest BCUT2D eigenvalue weighted by atomic mass is 10.0. The fourth-order valence-corrected chi connectivity index (χ4v) is 2.59. The van der Waals surface area contributed by atoms with Crippen molar-refractivity contribution in [3.63, 3.8) is 0 Å². The molecule has 24 heavy (non-hydrogen) atoms. The molecule has 1 amide bonds. The summed E-state index contributed by atoms with van der Waals surface area (Å²) in [6.07, 6.45) is 0. The Morgan fingerprint density at radius 3 is 2.54 bits per heavy atom. The maximum absolute atomic E-state index is 11.2. The summed E-state index contributed by atoms with van der Waals surface area (Å²) in [5, 5.41) is 6.93. The van der Waals surface area contributed by atoms with Crippen LogP contribution in [0.5, 0.6) is 11.5 Å². The molecule has 1 aromatic carbocycles. The second-order valence-corrected chi connectivity index (χ2v) is 5.29. The fourth-order valence-electron chi connectivity index (χ4n) is 2.59. The summed E-state index contributed by atoms with van der Waals surface area (Å²) < 4.78 is 12.3. The Morgan fingerprint density at radius 1 is 1.12 bits per heavy atom. The molecule has 1 N–H and O–H groups in total. The first-order valence-electron chi connectivity index (χ1n) is 7.40. The van der Waals surface area contributed by atoms with Crippen LogP contribution in [0.1, 0.15) is 12.6 Å². The minimum absolute atomic E-state index is 0.205. The number of carbonyl (C=O) groups is 1. The molecule has 0 bridgehead atoms. The topological polar surface area (TPSA) is 77.8 Å². The van der Waals surface area contributed by atoms with E-state index in [-0.39, 0.29) is 11.9 Å². The first-order valence-corrected chi connectivity index (χ1v) is 7.40. The normalized spacial score (nSPS) is 10.7. The molecular weight excluding hydrogens is 308 g/mol. The van der Waals surface area contributed by atoms with Gasteiger partial charge in [0, 0.05) is 18.2 Å². The van der Waals surface area contributed by atoms with Crippen LogP contribution < -0.4 is 14.8 Å². The predicted molar refractivity (Wildman–Crippen MR) is 90.6 cm³/mol. The largest absolute Gasteiger partial charge is 0.493 e. The molecule has 2 heterocycles. The zero-order valence-electron chi connectivity index (χ0n) is 14.0. The van der Waals surface area contributed by atoms with Crippen LogP contribution in [0.4, 0.5) is 5.95 Å². The van der Waals surface area contributed by atoms with E-state index in [2.05, 4.69) is 15.4 Å².